The third-order valence-electron chi connectivity index (χ3n) is 2.57. The summed E-state index contributed by atoms with van der Waals surface area (Å²) in [7, 11) is 0. The van der Waals surface area contributed by atoms with Crippen molar-refractivity contribution in [1.82, 2.24) is 9.69 Å². The lowest BCUT2D eigenvalue weighted by atomic mass is 10.1. The summed E-state index contributed by atoms with van der Waals surface area (Å²) in [6.07, 6.45) is 0. The molecule has 0 spiro atoms. The van der Waals surface area contributed by atoms with Crippen LogP contribution in [0.1, 0.15) is 25.6 Å². The minimum absolute atomic E-state index is 0.105. The minimum atomic E-state index is 0.105. The molecule has 1 aromatic heterocycles. The fourth-order valence-electron chi connectivity index (χ4n) is 1.54. The molecule has 1 aromatic carbocycles. The van der Waals surface area contributed by atoms with Crippen LogP contribution in [0.2, 0.25) is 10.0 Å². The van der Waals surface area contributed by atoms with Gasteiger partial charge in [-0.05, 0) is 50.5 Å². The summed E-state index contributed by atoms with van der Waals surface area (Å²) in [6.45, 7) is 7.26. The summed E-state index contributed by atoms with van der Waals surface area (Å²) in [4.78, 5) is 1.20. The number of nitrogens with zero attached hydrogens (tertiary/aromatic N) is 1. The van der Waals surface area contributed by atoms with E-state index in [1.807, 2.05) is 12.1 Å². The summed E-state index contributed by atoms with van der Waals surface area (Å²) in [6, 6.07) is 7.67. The summed E-state index contributed by atoms with van der Waals surface area (Å²) in [5.74, 6) is 0. The molecule has 2 nitrogen and oxygen atoms in total. The average molecular weight is 315 g/mol. The van der Waals surface area contributed by atoms with E-state index in [0.29, 0.717) is 10.0 Å². The third kappa shape index (κ3) is 4.18. The molecule has 1 N–H and O–H groups in total. The number of rotatable bonds is 3. The number of benzene rings is 1. The lowest BCUT2D eigenvalue weighted by Gasteiger charge is -2.19. The number of aromatic nitrogens is 1. The molecule has 0 amide bonds. The van der Waals surface area contributed by atoms with E-state index in [0.717, 1.165) is 17.8 Å². The van der Waals surface area contributed by atoms with Crippen molar-refractivity contribution < 1.29 is 0 Å². The second-order valence-corrected chi connectivity index (χ2v) is 7.11. The van der Waals surface area contributed by atoms with Gasteiger partial charge in [0.2, 0.25) is 0 Å². The Balaban J connectivity index is 2.14. The van der Waals surface area contributed by atoms with Gasteiger partial charge >= 0.3 is 0 Å². The molecule has 1 heterocycles. The van der Waals surface area contributed by atoms with Gasteiger partial charge in [0.25, 0.3) is 0 Å². The van der Waals surface area contributed by atoms with Gasteiger partial charge < -0.3 is 5.32 Å². The van der Waals surface area contributed by atoms with E-state index < -0.39 is 0 Å². The highest BCUT2D eigenvalue weighted by Gasteiger charge is 2.11. The van der Waals surface area contributed by atoms with Gasteiger partial charge in [-0.3, -0.25) is 0 Å². The molecule has 0 aliphatic rings. The van der Waals surface area contributed by atoms with Gasteiger partial charge in [-0.15, -0.1) is 0 Å². The standard InChI is InChI=1S/C14H16Cl2N2S/c1-14(2,3)17-8-10-7-13(18-19-10)9-4-5-11(15)12(16)6-9/h4-7,17H,8H2,1-3H3. The van der Waals surface area contributed by atoms with Crippen LogP contribution in [0.5, 0.6) is 0 Å². The SMILES string of the molecule is CC(C)(C)NCc1cc(-c2ccc(Cl)c(Cl)c2)ns1. The Morgan fingerprint density at radius 3 is 2.53 bits per heavy atom. The van der Waals surface area contributed by atoms with E-state index in [4.69, 9.17) is 23.2 Å². The molecule has 0 saturated carbocycles. The van der Waals surface area contributed by atoms with E-state index in [9.17, 15) is 0 Å². The molecule has 5 heteroatoms. The van der Waals surface area contributed by atoms with E-state index >= 15 is 0 Å². The molecule has 0 unspecified atom stereocenters. The summed E-state index contributed by atoms with van der Waals surface area (Å²) >= 11 is 13.4. The fourth-order valence-corrected chi connectivity index (χ4v) is 2.51. The zero-order valence-electron chi connectivity index (χ0n) is 11.1. The molecular weight excluding hydrogens is 299 g/mol. The molecule has 0 aliphatic carbocycles. The lowest BCUT2D eigenvalue weighted by Crippen LogP contribution is -2.34. The Hall–Kier alpha value is -0.610. The molecule has 0 fully saturated rings. The van der Waals surface area contributed by atoms with Crippen molar-refractivity contribution in [2.75, 3.05) is 0 Å². The van der Waals surface area contributed by atoms with Gasteiger partial charge in [-0.25, -0.2) is 0 Å². The highest BCUT2D eigenvalue weighted by atomic mass is 35.5. The Kier molecular flexibility index (Phi) is 4.51. The normalized spacial score (nSPS) is 11.8. The lowest BCUT2D eigenvalue weighted by molar-refractivity contribution is 0.426. The highest BCUT2D eigenvalue weighted by Crippen LogP contribution is 2.29. The largest absolute Gasteiger partial charge is 0.307 e. The van der Waals surface area contributed by atoms with Crippen molar-refractivity contribution in [2.45, 2.75) is 32.9 Å². The molecule has 0 aliphatic heterocycles. The second kappa shape index (κ2) is 5.80. The predicted octanol–water partition coefficient (Wildman–Crippen LogP) is 5.01. The van der Waals surface area contributed by atoms with Crippen molar-refractivity contribution in [2.24, 2.45) is 0 Å². The maximum Gasteiger partial charge on any atom is 0.0844 e. The van der Waals surface area contributed by atoms with Crippen LogP contribution in [0.15, 0.2) is 24.3 Å². The first-order valence-corrected chi connectivity index (χ1v) is 7.54. The zero-order valence-corrected chi connectivity index (χ0v) is 13.5. The van der Waals surface area contributed by atoms with Gasteiger partial charge in [-0.2, -0.15) is 4.37 Å². The van der Waals surface area contributed by atoms with Crippen LogP contribution in [0.4, 0.5) is 0 Å². The summed E-state index contributed by atoms with van der Waals surface area (Å²) in [5, 5.41) is 4.57. The molecular formula is C14H16Cl2N2S. The second-order valence-electron chi connectivity index (χ2n) is 5.41. The average Bonchev–Trinajstić information content (AvgIpc) is 2.78. The topological polar surface area (TPSA) is 24.9 Å². The van der Waals surface area contributed by atoms with E-state index in [-0.39, 0.29) is 5.54 Å². The van der Waals surface area contributed by atoms with Crippen LogP contribution in [0.3, 0.4) is 0 Å². The number of hydrogen-bond acceptors (Lipinski definition) is 3. The smallest absolute Gasteiger partial charge is 0.0844 e. The Morgan fingerprint density at radius 2 is 1.89 bits per heavy atom. The predicted molar refractivity (Wildman–Crippen MR) is 84.2 cm³/mol. The summed E-state index contributed by atoms with van der Waals surface area (Å²) in [5.41, 5.74) is 2.04. The van der Waals surface area contributed by atoms with Crippen LogP contribution < -0.4 is 5.32 Å². The van der Waals surface area contributed by atoms with Crippen LogP contribution in [-0.2, 0) is 6.54 Å². The van der Waals surface area contributed by atoms with Crippen LogP contribution in [0, 0.1) is 0 Å². The zero-order chi connectivity index (χ0) is 14.0. The van der Waals surface area contributed by atoms with Gasteiger partial charge in [0.05, 0.1) is 15.7 Å². The first-order chi connectivity index (χ1) is 8.85. The molecule has 2 rings (SSSR count). The van der Waals surface area contributed by atoms with Crippen molar-refractivity contribution in [3.63, 3.8) is 0 Å². The minimum Gasteiger partial charge on any atom is -0.307 e. The third-order valence-corrected chi connectivity index (χ3v) is 4.09. The van der Waals surface area contributed by atoms with E-state index in [1.54, 1.807) is 6.07 Å². The number of halogens is 2. The van der Waals surface area contributed by atoms with Crippen molar-refractivity contribution in [3.8, 4) is 11.3 Å². The molecule has 102 valence electrons. The van der Waals surface area contributed by atoms with E-state index in [1.165, 1.54) is 16.4 Å². The van der Waals surface area contributed by atoms with Crippen LogP contribution >= 0.6 is 34.7 Å². The van der Waals surface area contributed by atoms with Gasteiger partial charge in [0.1, 0.15) is 0 Å². The summed E-state index contributed by atoms with van der Waals surface area (Å²) < 4.78 is 4.46. The number of hydrogen-bond donors (Lipinski definition) is 1. The molecule has 19 heavy (non-hydrogen) atoms. The van der Waals surface area contributed by atoms with Crippen molar-refractivity contribution in [3.05, 3.63) is 39.2 Å². The first kappa shape index (κ1) is 14.8. The molecule has 0 saturated heterocycles. The fraction of sp³-hybridized carbons (Fsp3) is 0.357. The maximum absolute atomic E-state index is 6.02. The van der Waals surface area contributed by atoms with Crippen LogP contribution in [0.25, 0.3) is 11.3 Å². The van der Waals surface area contributed by atoms with Crippen LogP contribution in [-0.4, -0.2) is 9.91 Å². The van der Waals surface area contributed by atoms with Crippen molar-refractivity contribution in [1.29, 1.82) is 0 Å². The van der Waals surface area contributed by atoms with Gasteiger partial charge in [-0.1, -0.05) is 29.3 Å². The molecule has 0 bridgehead atoms. The Labute approximate surface area is 127 Å². The Bertz CT molecular complexity index is 573. The quantitative estimate of drug-likeness (QED) is 0.861. The maximum atomic E-state index is 6.02. The molecule has 0 atom stereocenters. The highest BCUT2D eigenvalue weighted by molar-refractivity contribution is 7.06. The van der Waals surface area contributed by atoms with Gasteiger partial charge in [0, 0.05) is 22.5 Å². The molecule has 0 radical (unpaired) electrons. The van der Waals surface area contributed by atoms with Gasteiger partial charge in [0.15, 0.2) is 0 Å². The monoisotopic (exact) mass is 314 g/mol. The van der Waals surface area contributed by atoms with Crippen molar-refractivity contribution >= 4 is 34.7 Å². The van der Waals surface area contributed by atoms with E-state index in [2.05, 4.69) is 36.5 Å². The Morgan fingerprint density at radius 1 is 1.16 bits per heavy atom. The first-order valence-electron chi connectivity index (χ1n) is 6.01. The molecule has 2 aromatic rings. The number of nitrogens with one attached hydrogen (secondary N) is 1.